The predicted octanol–water partition coefficient (Wildman–Crippen LogP) is 2.67. The second-order valence-electron chi connectivity index (χ2n) is 4.12. The Morgan fingerprint density at radius 2 is 1.67 bits per heavy atom. The molecule has 0 unspecified atom stereocenters. The van der Waals surface area contributed by atoms with E-state index in [9.17, 15) is 0 Å². The van der Waals surface area contributed by atoms with E-state index in [4.69, 9.17) is 0 Å². The van der Waals surface area contributed by atoms with E-state index in [1.165, 1.54) is 12.3 Å². The van der Waals surface area contributed by atoms with Crippen LogP contribution in [-0.4, -0.2) is 25.7 Å². The van der Waals surface area contributed by atoms with Gasteiger partial charge in [0.2, 0.25) is 0 Å². The molecule has 0 aromatic carbocycles. The predicted molar refractivity (Wildman–Crippen MR) is 50.4 cm³/mol. The van der Waals surface area contributed by atoms with Gasteiger partial charge < -0.3 is 0 Å². The van der Waals surface area contributed by atoms with Gasteiger partial charge in [-0.1, -0.05) is 0 Å². The van der Waals surface area contributed by atoms with Crippen molar-refractivity contribution >= 4 is 7.26 Å². The van der Waals surface area contributed by atoms with Crippen LogP contribution < -0.4 is 0 Å². The third kappa shape index (κ3) is 4.90. The van der Waals surface area contributed by atoms with Gasteiger partial charge in [0, 0.05) is 0 Å². The first-order valence-electron chi connectivity index (χ1n) is 3.98. The zero-order valence-corrected chi connectivity index (χ0v) is 8.49. The summed E-state index contributed by atoms with van der Waals surface area (Å²) in [6.45, 7) is 11.9. The molecule has 0 aliphatic carbocycles. The Labute approximate surface area is 60.4 Å². The molecule has 0 saturated carbocycles. The molecule has 0 rings (SSSR count). The Morgan fingerprint density at radius 1 is 1.22 bits per heavy atom. The van der Waals surface area contributed by atoms with Gasteiger partial charge in [-0.2, -0.15) is 0 Å². The number of hydrogen-bond acceptors (Lipinski definition) is 0. The molecular formula is C8H21P. The van der Waals surface area contributed by atoms with Gasteiger partial charge in [-0.05, 0) is 0 Å². The van der Waals surface area contributed by atoms with Gasteiger partial charge in [-0.25, -0.2) is 0 Å². The molecule has 0 N–H and O–H groups in total. The summed E-state index contributed by atoms with van der Waals surface area (Å²) in [5.74, 6) is 0.909. The molecule has 0 aromatic heterocycles. The van der Waals surface area contributed by atoms with E-state index >= 15 is 0 Å². The van der Waals surface area contributed by atoms with E-state index in [0.717, 1.165) is 5.92 Å². The van der Waals surface area contributed by atoms with Crippen molar-refractivity contribution in [3.05, 3.63) is 0 Å². The molecule has 0 amide bonds. The Kier molecular flexibility index (Phi) is 3.73. The first kappa shape index (κ1) is 9.43. The van der Waals surface area contributed by atoms with Crippen LogP contribution in [0.3, 0.4) is 0 Å². The zero-order chi connectivity index (χ0) is 7.49. The fraction of sp³-hybridized carbons (Fsp3) is 1.00. The molecule has 0 bridgehead atoms. The van der Waals surface area contributed by atoms with Crippen molar-refractivity contribution in [3.8, 4) is 0 Å². The number of rotatable bonds is 3. The molecular weight excluding hydrogens is 127 g/mol. The van der Waals surface area contributed by atoms with Gasteiger partial charge in [0.1, 0.15) is 0 Å². The minimum atomic E-state index is -0.740. The van der Waals surface area contributed by atoms with Crippen LogP contribution in [0.1, 0.15) is 20.8 Å². The van der Waals surface area contributed by atoms with Crippen LogP contribution >= 0.6 is 7.26 Å². The second kappa shape index (κ2) is 3.56. The average molecular weight is 148 g/mol. The first-order chi connectivity index (χ1) is 3.98. The van der Waals surface area contributed by atoms with Gasteiger partial charge in [0.15, 0.2) is 0 Å². The average Bonchev–Trinajstić information content (AvgIpc) is 1.63. The summed E-state index contributed by atoms with van der Waals surface area (Å²) in [6.07, 6.45) is 2.93. The molecule has 0 atom stereocenters. The van der Waals surface area contributed by atoms with Crippen LogP contribution in [0.4, 0.5) is 0 Å². The third-order valence-corrected chi connectivity index (χ3v) is 5.75. The van der Waals surface area contributed by atoms with E-state index in [0.29, 0.717) is 0 Å². The normalized spacial score (nSPS) is 14.4. The zero-order valence-electron chi connectivity index (χ0n) is 7.49. The molecule has 1 heteroatoms. The molecule has 0 heterocycles. The van der Waals surface area contributed by atoms with Crippen molar-refractivity contribution in [3.63, 3.8) is 0 Å². The molecule has 0 aliphatic rings. The summed E-state index contributed by atoms with van der Waals surface area (Å²) in [7, 11) is -0.740. The topological polar surface area (TPSA) is 0 Å². The summed E-state index contributed by atoms with van der Waals surface area (Å²) in [4.78, 5) is 0. The van der Waals surface area contributed by atoms with Crippen LogP contribution in [0.5, 0.6) is 0 Å². The Balaban J connectivity index is 3.58. The molecule has 0 saturated heterocycles. The van der Waals surface area contributed by atoms with E-state index in [1.807, 2.05) is 0 Å². The fourth-order valence-electron chi connectivity index (χ4n) is 1.25. The SMILES string of the molecule is CC[PH](C)(C)CC(C)C. The minimum absolute atomic E-state index is 0.740. The van der Waals surface area contributed by atoms with Crippen molar-refractivity contribution in [1.29, 1.82) is 0 Å². The van der Waals surface area contributed by atoms with Crippen LogP contribution in [0.2, 0.25) is 0 Å². The first-order valence-corrected chi connectivity index (χ1v) is 7.39. The van der Waals surface area contributed by atoms with E-state index in [2.05, 4.69) is 34.1 Å². The molecule has 0 fully saturated rings. The van der Waals surface area contributed by atoms with E-state index < -0.39 is 7.26 Å². The van der Waals surface area contributed by atoms with E-state index in [-0.39, 0.29) is 0 Å². The van der Waals surface area contributed by atoms with Crippen molar-refractivity contribution in [2.24, 2.45) is 5.92 Å². The monoisotopic (exact) mass is 148 g/mol. The maximum atomic E-state index is 2.48. The quantitative estimate of drug-likeness (QED) is 0.540. The molecule has 0 aromatic rings. The summed E-state index contributed by atoms with van der Waals surface area (Å²) in [5.41, 5.74) is 0. The Morgan fingerprint density at radius 3 is 1.78 bits per heavy atom. The van der Waals surface area contributed by atoms with E-state index in [1.54, 1.807) is 0 Å². The molecule has 9 heavy (non-hydrogen) atoms. The number of hydrogen-bond donors (Lipinski definition) is 0. The van der Waals surface area contributed by atoms with Crippen LogP contribution in [0, 0.1) is 5.92 Å². The Bertz CT molecular complexity index is 74.6. The summed E-state index contributed by atoms with van der Waals surface area (Å²) >= 11 is 0. The van der Waals surface area contributed by atoms with Crippen LogP contribution in [0.15, 0.2) is 0 Å². The van der Waals surface area contributed by atoms with Gasteiger partial charge in [-0.15, -0.1) is 0 Å². The molecule has 58 valence electrons. The van der Waals surface area contributed by atoms with Crippen molar-refractivity contribution in [1.82, 2.24) is 0 Å². The summed E-state index contributed by atoms with van der Waals surface area (Å²) < 4.78 is 0. The van der Waals surface area contributed by atoms with Crippen LogP contribution in [-0.2, 0) is 0 Å². The van der Waals surface area contributed by atoms with Gasteiger partial charge in [0.05, 0.1) is 0 Å². The van der Waals surface area contributed by atoms with Crippen LogP contribution in [0.25, 0.3) is 0 Å². The molecule has 0 radical (unpaired) electrons. The standard InChI is InChI=1S/C8H21P/c1-6-9(4,5)7-8(2)3/h8-9H,6-7H2,1-5H3. The van der Waals surface area contributed by atoms with Gasteiger partial charge in [-0.3, -0.25) is 0 Å². The van der Waals surface area contributed by atoms with Crippen molar-refractivity contribution in [2.45, 2.75) is 20.8 Å². The fourth-order valence-corrected chi connectivity index (χ4v) is 3.75. The Hall–Kier alpha value is 0.430. The van der Waals surface area contributed by atoms with Gasteiger partial charge >= 0.3 is 59.6 Å². The third-order valence-electron chi connectivity index (χ3n) is 1.92. The van der Waals surface area contributed by atoms with Crippen molar-refractivity contribution in [2.75, 3.05) is 25.7 Å². The summed E-state index contributed by atoms with van der Waals surface area (Å²) in [6, 6.07) is 0. The molecule has 0 aliphatic heterocycles. The summed E-state index contributed by atoms with van der Waals surface area (Å²) in [5, 5.41) is 0. The second-order valence-corrected chi connectivity index (χ2v) is 9.56. The van der Waals surface area contributed by atoms with Crippen molar-refractivity contribution < 1.29 is 0 Å². The maximum absolute atomic E-state index is 2.48. The van der Waals surface area contributed by atoms with Gasteiger partial charge in [0.25, 0.3) is 0 Å². The molecule has 0 spiro atoms. The molecule has 0 nitrogen and oxygen atoms in total.